The molecule has 110 valence electrons. The van der Waals surface area contributed by atoms with Crippen LogP contribution < -0.4 is 16.7 Å². The lowest BCUT2D eigenvalue weighted by atomic mass is 9.96. The molecule has 1 atom stereocenters. The molecule has 22 heavy (non-hydrogen) atoms. The van der Waals surface area contributed by atoms with E-state index in [9.17, 15) is 4.79 Å². The number of rotatable bonds is 1. The van der Waals surface area contributed by atoms with Gasteiger partial charge in [-0.1, -0.05) is 24.3 Å². The van der Waals surface area contributed by atoms with Gasteiger partial charge in [0.1, 0.15) is 5.82 Å². The van der Waals surface area contributed by atoms with Gasteiger partial charge >= 0.3 is 5.69 Å². The Hall–Kier alpha value is -2.82. The fraction of sp³-hybridized carbons (Fsp3) is 0.176. The molecular formula is C17H16N4O. The molecule has 0 aliphatic carbocycles. The summed E-state index contributed by atoms with van der Waals surface area (Å²) in [6, 6.07) is 15.5. The van der Waals surface area contributed by atoms with Gasteiger partial charge in [-0.05, 0) is 29.8 Å². The summed E-state index contributed by atoms with van der Waals surface area (Å²) in [6.45, 7) is 1.39. The summed E-state index contributed by atoms with van der Waals surface area (Å²) in [5.74, 6) is 1.06. The molecule has 1 aromatic heterocycles. The van der Waals surface area contributed by atoms with Gasteiger partial charge in [-0.2, -0.15) is 4.98 Å². The molecule has 0 fully saturated rings. The average Bonchev–Trinajstić information content (AvgIpc) is 2.55. The maximum atomic E-state index is 12.3. The van der Waals surface area contributed by atoms with E-state index in [1.165, 1.54) is 0 Å². The third-order valence-electron chi connectivity index (χ3n) is 4.18. The van der Waals surface area contributed by atoms with Gasteiger partial charge in [-0.3, -0.25) is 4.57 Å². The molecule has 0 saturated carbocycles. The normalized spacial score (nSPS) is 17.0. The smallest absolute Gasteiger partial charge is 0.349 e. The number of nitrogens with two attached hydrogens (primary N) is 1. The largest absolute Gasteiger partial charge is 0.399 e. The fourth-order valence-electron chi connectivity index (χ4n) is 3.08. The van der Waals surface area contributed by atoms with E-state index in [0.717, 1.165) is 34.5 Å². The molecule has 4 rings (SSSR count). The molecule has 3 aromatic rings. The van der Waals surface area contributed by atoms with Crippen LogP contribution in [0.5, 0.6) is 0 Å². The highest BCUT2D eigenvalue weighted by atomic mass is 16.1. The standard InChI is InChI=1S/C17H16N4O/c18-13-5-3-4-11(8-13)12-9-19-16-14-6-1-2-7-15(14)20-17(22)21(16)10-12/h1-8,12,19H,9-10,18H2. The zero-order chi connectivity index (χ0) is 15.1. The van der Waals surface area contributed by atoms with Gasteiger partial charge < -0.3 is 11.1 Å². The van der Waals surface area contributed by atoms with Crippen molar-refractivity contribution in [2.24, 2.45) is 0 Å². The van der Waals surface area contributed by atoms with Crippen LogP contribution >= 0.6 is 0 Å². The highest BCUT2D eigenvalue weighted by Crippen LogP contribution is 2.29. The summed E-state index contributed by atoms with van der Waals surface area (Å²) in [7, 11) is 0. The monoisotopic (exact) mass is 292 g/mol. The van der Waals surface area contributed by atoms with E-state index in [-0.39, 0.29) is 11.6 Å². The lowest BCUT2D eigenvalue weighted by Gasteiger charge is -2.28. The summed E-state index contributed by atoms with van der Waals surface area (Å²) < 4.78 is 1.72. The Labute approximate surface area is 127 Å². The molecule has 1 aliphatic rings. The van der Waals surface area contributed by atoms with Crippen LogP contribution in [0.15, 0.2) is 53.3 Å². The Kier molecular flexibility index (Phi) is 2.85. The van der Waals surface area contributed by atoms with Crippen molar-refractivity contribution in [2.45, 2.75) is 12.5 Å². The summed E-state index contributed by atoms with van der Waals surface area (Å²) in [5.41, 5.74) is 8.26. The number of fused-ring (bicyclic) bond motifs is 3. The van der Waals surface area contributed by atoms with Gasteiger partial charge in [0.2, 0.25) is 0 Å². The first-order valence-corrected chi connectivity index (χ1v) is 7.31. The first-order valence-electron chi connectivity index (χ1n) is 7.31. The fourth-order valence-corrected chi connectivity index (χ4v) is 3.08. The molecule has 0 saturated heterocycles. The summed E-state index contributed by atoms with van der Waals surface area (Å²) in [5, 5.41) is 4.38. The van der Waals surface area contributed by atoms with Gasteiger partial charge in [0.15, 0.2) is 0 Å². The Balaban J connectivity index is 1.81. The lowest BCUT2D eigenvalue weighted by Crippen LogP contribution is -2.35. The molecule has 5 nitrogen and oxygen atoms in total. The van der Waals surface area contributed by atoms with Gasteiger partial charge in [-0.25, -0.2) is 4.79 Å². The molecule has 0 radical (unpaired) electrons. The van der Waals surface area contributed by atoms with Crippen LogP contribution in [0.2, 0.25) is 0 Å². The van der Waals surface area contributed by atoms with Crippen molar-refractivity contribution in [1.82, 2.24) is 9.55 Å². The Morgan fingerprint density at radius 2 is 2.05 bits per heavy atom. The molecule has 1 unspecified atom stereocenters. The van der Waals surface area contributed by atoms with Crippen LogP contribution in [0.3, 0.4) is 0 Å². The molecule has 1 aliphatic heterocycles. The van der Waals surface area contributed by atoms with Crippen molar-refractivity contribution in [3.05, 3.63) is 64.6 Å². The molecule has 5 heteroatoms. The Morgan fingerprint density at radius 1 is 1.18 bits per heavy atom. The number of hydrogen-bond acceptors (Lipinski definition) is 4. The van der Waals surface area contributed by atoms with Crippen molar-refractivity contribution >= 4 is 22.4 Å². The highest BCUT2D eigenvalue weighted by molar-refractivity contribution is 5.89. The number of anilines is 2. The van der Waals surface area contributed by atoms with Gasteiger partial charge in [0.05, 0.1) is 5.52 Å². The minimum Gasteiger partial charge on any atom is -0.399 e. The van der Waals surface area contributed by atoms with Crippen molar-refractivity contribution in [2.75, 3.05) is 17.6 Å². The van der Waals surface area contributed by atoms with Crippen LogP contribution in [0, 0.1) is 0 Å². The number of nitrogen functional groups attached to an aromatic ring is 1. The summed E-state index contributed by atoms with van der Waals surface area (Å²) >= 11 is 0. The molecule has 2 aromatic carbocycles. The van der Waals surface area contributed by atoms with Gasteiger partial charge in [0.25, 0.3) is 0 Å². The molecule has 2 heterocycles. The number of para-hydroxylation sites is 1. The Bertz CT molecular complexity index is 916. The first-order chi connectivity index (χ1) is 10.7. The minimum absolute atomic E-state index is 0.205. The number of nitrogens with one attached hydrogen (secondary N) is 1. The van der Waals surface area contributed by atoms with Crippen LogP contribution in [-0.4, -0.2) is 16.1 Å². The van der Waals surface area contributed by atoms with E-state index in [2.05, 4.69) is 10.3 Å². The van der Waals surface area contributed by atoms with Gasteiger partial charge in [0, 0.05) is 30.1 Å². The molecular weight excluding hydrogens is 276 g/mol. The van der Waals surface area contributed by atoms with Crippen molar-refractivity contribution in [1.29, 1.82) is 0 Å². The SMILES string of the molecule is Nc1cccc(C2CNc3c4ccccc4nc(=O)n3C2)c1. The van der Waals surface area contributed by atoms with Crippen LogP contribution in [0.25, 0.3) is 10.9 Å². The minimum atomic E-state index is -0.213. The second kappa shape index (κ2) is 4.87. The topological polar surface area (TPSA) is 72.9 Å². The second-order valence-electron chi connectivity index (χ2n) is 5.62. The molecule has 0 bridgehead atoms. The quantitative estimate of drug-likeness (QED) is 0.674. The average molecular weight is 292 g/mol. The molecule has 0 spiro atoms. The Morgan fingerprint density at radius 3 is 2.91 bits per heavy atom. The highest BCUT2D eigenvalue weighted by Gasteiger charge is 2.22. The zero-order valence-electron chi connectivity index (χ0n) is 12.0. The molecule has 3 N–H and O–H groups in total. The predicted octanol–water partition coefficient (Wildman–Crippen LogP) is 2.19. The number of aromatic nitrogens is 2. The van der Waals surface area contributed by atoms with Crippen molar-refractivity contribution in [3.8, 4) is 0 Å². The van der Waals surface area contributed by atoms with Crippen molar-refractivity contribution < 1.29 is 0 Å². The van der Waals surface area contributed by atoms with Crippen LogP contribution in [0.4, 0.5) is 11.5 Å². The van der Waals surface area contributed by atoms with E-state index in [1.54, 1.807) is 4.57 Å². The van der Waals surface area contributed by atoms with E-state index in [1.807, 2.05) is 48.5 Å². The van der Waals surface area contributed by atoms with Crippen LogP contribution in [0.1, 0.15) is 11.5 Å². The summed E-state index contributed by atoms with van der Waals surface area (Å²) in [6.07, 6.45) is 0. The zero-order valence-corrected chi connectivity index (χ0v) is 12.0. The van der Waals surface area contributed by atoms with E-state index >= 15 is 0 Å². The number of benzene rings is 2. The first kappa shape index (κ1) is 12.9. The van der Waals surface area contributed by atoms with Crippen LogP contribution in [-0.2, 0) is 6.54 Å². The predicted molar refractivity (Wildman–Crippen MR) is 88.1 cm³/mol. The third-order valence-corrected chi connectivity index (χ3v) is 4.18. The van der Waals surface area contributed by atoms with E-state index in [0.29, 0.717) is 6.54 Å². The maximum Gasteiger partial charge on any atom is 0.349 e. The number of hydrogen-bond donors (Lipinski definition) is 2. The van der Waals surface area contributed by atoms with Gasteiger partial charge in [-0.15, -0.1) is 0 Å². The third kappa shape index (κ3) is 2.02. The summed E-state index contributed by atoms with van der Waals surface area (Å²) in [4.78, 5) is 16.5. The second-order valence-corrected chi connectivity index (χ2v) is 5.62. The maximum absolute atomic E-state index is 12.3. The lowest BCUT2D eigenvalue weighted by molar-refractivity contribution is 0.530. The van der Waals surface area contributed by atoms with Crippen molar-refractivity contribution in [3.63, 3.8) is 0 Å². The number of nitrogens with zero attached hydrogens (tertiary/aromatic N) is 2. The molecule has 0 amide bonds. The van der Waals surface area contributed by atoms with E-state index < -0.39 is 0 Å². The van der Waals surface area contributed by atoms with E-state index in [4.69, 9.17) is 5.73 Å².